The molecule has 0 unspecified atom stereocenters. The van der Waals surface area contributed by atoms with Gasteiger partial charge in [0.2, 0.25) is 0 Å². The van der Waals surface area contributed by atoms with Crippen molar-refractivity contribution in [2.75, 3.05) is 5.32 Å². The minimum Gasteiger partial charge on any atom is -0.478 e. The fourth-order valence-corrected chi connectivity index (χ4v) is 1.11. The standard InChI is InChI=1S/C8H6N2O4/c11-7(12)4-1-5-6(9-2-4)3-14-8(13)10-5/h1-2H,3H2,(H,10,13)(H,11,12). The molecule has 0 aromatic carbocycles. The van der Waals surface area contributed by atoms with E-state index >= 15 is 0 Å². The zero-order valence-corrected chi connectivity index (χ0v) is 6.98. The summed E-state index contributed by atoms with van der Waals surface area (Å²) in [4.78, 5) is 25.2. The molecular formula is C8H6N2O4. The number of anilines is 1. The van der Waals surface area contributed by atoms with Crippen LogP contribution in [-0.4, -0.2) is 22.2 Å². The predicted octanol–water partition coefficient (Wildman–Crippen LogP) is 0.842. The van der Waals surface area contributed by atoms with Crippen molar-refractivity contribution in [2.24, 2.45) is 0 Å². The lowest BCUT2D eigenvalue weighted by Gasteiger charge is -2.16. The summed E-state index contributed by atoms with van der Waals surface area (Å²) in [6.45, 7) is 0.0705. The quantitative estimate of drug-likeness (QED) is 0.691. The highest BCUT2D eigenvalue weighted by Crippen LogP contribution is 2.20. The minimum atomic E-state index is -1.08. The number of pyridine rings is 1. The van der Waals surface area contributed by atoms with E-state index in [9.17, 15) is 9.59 Å². The summed E-state index contributed by atoms with van der Waals surface area (Å²) in [5, 5.41) is 11.0. The fourth-order valence-electron chi connectivity index (χ4n) is 1.11. The van der Waals surface area contributed by atoms with Gasteiger partial charge in [0.15, 0.2) is 0 Å². The number of carboxylic acids is 1. The average Bonchev–Trinajstić information content (AvgIpc) is 2.16. The van der Waals surface area contributed by atoms with Gasteiger partial charge in [-0.15, -0.1) is 0 Å². The molecule has 0 aliphatic carbocycles. The molecule has 1 aliphatic rings. The van der Waals surface area contributed by atoms with Crippen molar-refractivity contribution >= 4 is 17.7 Å². The van der Waals surface area contributed by atoms with Crippen molar-refractivity contribution in [1.82, 2.24) is 4.98 Å². The first-order valence-corrected chi connectivity index (χ1v) is 3.83. The number of cyclic esters (lactones) is 1. The van der Waals surface area contributed by atoms with E-state index in [0.29, 0.717) is 11.4 Å². The second-order valence-corrected chi connectivity index (χ2v) is 2.72. The summed E-state index contributed by atoms with van der Waals surface area (Å²) in [5.41, 5.74) is 0.946. The van der Waals surface area contributed by atoms with Crippen LogP contribution in [-0.2, 0) is 11.3 Å². The van der Waals surface area contributed by atoms with Gasteiger partial charge < -0.3 is 9.84 Å². The Morgan fingerprint density at radius 1 is 1.64 bits per heavy atom. The highest BCUT2D eigenvalue weighted by molar-refractivity contribution is 5.92. The molecule has 0 bridgehead atoms. The smallest absolute Gasteiger partial charge is 0.412 e. The summed E-state index contributed by atoms with van der Waals surface area (Å²) in [6.07, 6.45) is 0.629. The van der Waals surface area contributed by atoms with E-state index in [-0.39, 0.29) is 12.2 Å². The number of aromatic nitrogens is 1. The number of hydrogen-bond donors (Lipinski definition) is 2. The number of ether oxygens (including phenoxy) is 1. The number of amides is 1. The summed E-state index contributed by atoms with van der Waals surface area (Å²) in [5.74, 6) is -1.08. The second-order valence-electron chi connectivity index (χ2n) is 2.72. The van der Waals surface area contributed by atoms with Crippen LogP contribution in [0.1, 0.15) is 16.1 Å². The van der Waals surface area contributed by atoms with Crippen molar-refractivity contribution in [3.05, 3.63) is 23.5 Å². The first-order valence-electron chi connectivity index (χ1n) is 3.83. The van der Waals surface area contributed by atoms with Crippen LogP contribution in [0.25, 0.3) is 0 Å². The van der Waals surface area contributed by atoms with Crippen molar-refractivity contribution in [3.63, 3.8) is 0 Å². The zero-order chi connectivity index (χ0) is 10.1. The molecule has 1 aromatic rings. The lowest BCUT2D eigenvalue weighted by Crippen LogP contribution is -2.21. The molecule has 2 rings (SSSR count). The van der Waals surface area contributed by atoms with Gasteiger partial charge in [-0.05, 0) is 6.07 Å². The third-order valence-corrected chi connectivity index (χ3v) is 1.79. The Kier molecular flexibility index (Phi) is 1.81. The molecule has 0 saturated carbocycles. The van der Waals surface area contributed by atoms with Crippen LogP contribution in [0.4, 0.5) is 10.5 Å². The molecule has 14 heavy (non-hydrogen) atoms. The summed E-state index contributed by atoms with van der Waals surface area (Å²) < 4.78 is 4.64. The van der Waals surface area contributed by atoms with Crippen LogP contribution in [0.15, 0.2) is 12.3 Å². The lowest BCUT2D eigenvalue weighted by atomic mass is 10.2. The van der Waals surface area contributed by atoms with E-state index in [1.54, 1.807) is 0 Å². The van der Waals surface area contributed by atoms with Crippen LogP contribution in [0, 0.1) is 0 Å². The fraction of sp³-hybridized carbons (Fsp3) is 0.125. The molecular weight excluding hydrogens is 188 g/mol. The molecule has 0 radical (unpaired) electrons. The Morgan fingerprint density at radius 2 is 2.43 bits per heavy atom. The van der Waals surface area contributed by atoms with Crippen LogP contribution in [0.3, 0.4) is 0 Å². The third kappa shape index (κ3) is 1.37. The van der Waals surface area contributed by atoms with Gasteiger partial charge in [0.25, 0.3) is 0 Å². The minimum absolute atomic E-state index is 0.0333. The van der Waals surface area contributed by atoms with Crippen LogP contribution in [0.2, 0.25) is 0 Å². The highest BCUT2D eigenvalue weighted by Gasteiger charge is 2.18. The summed E-state index contributed by atoms with van der Waals surface area (Å²) in [7, 11) is 0. The Bertz CT molecular complexity index is 416. The zero-order valence-electron chi connectivity index (χ0n) is 6.98. The molecule has 0 atom stereocenters. The largest absolute Gasteiger partial charge is 0.478 e. The number of aromatic carboxylic acids is 1. The normalized spacial score (nSPS) is 13.9. The van der Waals surface area contributed by atoms with Crippen molar-refractivity contribution in [3.8, 4) is 0 Å². The number of nitrogens with one attached hydrogen (secondary N) is 1. The van der Waals surface area contributed by atoms with E-state index in [2.05, 4.69) is 15.0 Å². The maximum Gasteiger partial charge on any atom is 0.412 e. The second kappa shape index (κ2) is 2.99. The predicted molar refractivity (Wildman–Crippen MR) is 45.0 cm³/mol. The number of carbonyl (C=O) groups is 2. The first kappa shape index (κ1) is 8.49. The number of carboxylic acid groups (broad SMARTS) is 1. The van der Waals surface area contributed by atoms with E-state index in [1.807, 2.05) is 0 Å². The van der Waals surface area contributed by atoms with Crippen LogP contribution >= 0.6 is 0 Å². The van der Waals surface area contributed by atoms with E-state index in [0.717, 1.165) is 0 Å². The Hall–Kier alpha value is -2.11. The number of carbonyl (C=O) groups excluding carboxylic acids is 1. The molecule has 2 N–H and O–H groups in total. The van der Waals surface area contributed by atoms with Crippen molar-refractivity contribution in [1.29, 1.82) is 0 Å². The van der Waals surface area contributed by atoms with Gasteiger partial charge in [0.05, 0.1) is 11.3 Å². The molecule has 0 spiro atoms. The molecule has 1 aliphatic heterocycles. The van der Waals surface area contributed by atoms with Crippen LogP contribution < -0.4 is 5.32 Å². The number of hydrogen-bond acceptors (Lipinski definition) is 4. The van der Waals surface area contributed by atoms with E-state index in [4.69, 9.17) is 5.11 Å². The molecule has 1 amide bonds. The SMILES string of the molecule is O=C1Nc2cc(C(=O)O)cnc2CO1. The van der Waals surface area contributed by atoms with Crippen LogP contribution in [0.5, 0.6) is 0 Å². The van der Waals surface area contributed by atoms with Gasteiger partial charge in [-0.25, -0.2) is 9.59 Å². The van der Waals surface area contributed by atoms with Crippen molar-refractivity contribution in [2.45, 2.75) is 6.61 Å². The van der Waals surface area contributed by atoms with Gasteiger partial charge in [0, 0.05) is 6.20 Å². The topological polar surface area (TPSA) is 88.5 Å². The number of fused-ring (bicyclic) bond motifs is 1. The Labute approximate surface area is 78.5 Å². The molecule has 2 heterocycles. The lowest BCUT2D eigenvalue weighted by molar-refractivity contribution is 0.0696. The molecule has 6 heteroatoms. The Morgan fingerprint density at radius 3 is 3.14 bits per heavy atom. The van der Waals surface area contributed by atoms with Crippen molar-refractivity contribution < 1.29 is 19.4 Å². The van der Waals surface area contributed by atoms with Gasteiger partial charge >= 0.3 is 12.1 Å². The molecule has 0 fully saturated rings. The highest BCUT2D eigenvalue weighted by atomic mass is 16.5. The molecule has 0 saturated heterocycles. The number of nitrogens with zero attached hydrogens (tertiary/aromatic N) is 1. The summed E-state index contributed by atoms with van der Waals surface area (Å²) >= 11 is 0. The molecule has 1 aromatic heterocycles. The molecule has 72 valence electrons. The molecule has 6 nitrogen and oxygen atoms in total. The first-order chi connectivity index (χ1) is 6.66. The maximum atomic E-state index is 10.8. The number of rotatable bonds is 1. The van der Waals surface area contributed by atoms with Gasteiger partial charge in [-0.2, -0.15) is 0 Å². The average molecular weight is 194 g/mol. The van der Waals surface area contributed by atoms with Gasteiger partial charge in [0.1, 0.15) is 12.3 Å². The summed E-state index contributed by atoms with van der Waals surface area (Å²) in [6, 6.07) is 1.35. The monoisotopic (exact) mass is 194 g/mol. The van der Waals surface area contributed by atoms with E-state index < -0.39 is 12.1 Å². The van der Waals surface area contributed by atoms with Gasteiger partial charge in [-0.3, -0.25) is 10.3 Å². The Balaban J connectivity index is 2.42. The maximum absolute atomic E-state index is 10.8. The van der Waals surface area contributed by atoms with E-state index in [1.165, 1.54) is 12.3 Å². The van der Waals surface area contributed by atoms with Gasteiger partial charge in [-0.1, -0.05) is 0 Å². The third-order valence-electron chi connectivity index (χ3n) is 1.79.